The van der Waals surface area contributed by atoms with Crippen molar-refractivity contribution in [3.8, 4) is 0 Å². The van der Waals surface area contributed by atoms with Crippen molar-refractivity contribution < 1.29 is 19.2 Å². The Kier molecular flexibility index (Phi) is 2.61. The first-order chi connectivity index (χ1) is 11.1. The van der Waals surface area contributed by atoms with E-state index in [4.69, 9.17) is 4.84 Å². The molecule has 0 saturated carbocycles. The molecule has 3 heterocycles. The van der Waals surface area contributed by atoms with E-state index in [1.54, 1.807) is 36.1 Å². The molecule has 1 aliphatic heterocycles. The predicted molar refractivity (Wildman–Crippen MR) is 76.5 cm³/mol. The highest BCUT2D eigenvalue weighted by Crippen LogP contribution is 2.23. The zero-order valence-electron chi connectivity index (χ0n) is 12.0. The monoisotopic (exact) mass is 310 g/mol. The van der Waals surface area contributed by atoms with Crippen molar-refractivity contribution in [2.75, 3.05) is 0 Å². The Hall–Kier alpha value is -3.42. The van der Waals surface area contributed by atoms with Crippen LogP contribution in [0, 0.1) is 0 Å². The number of nitrogens with zero attached hydrogens (tertiary/aromatic N) is 4. The molecule has 0 spiro atoms. The van der Waals surface area contributed by atoms with Gasteiger partial charge in [0.15, 0.2) is 0 Å². The summed E-state index contributed by atoms with van der Waals surface area (Å²) in [5.41, 5.74) is 1.09. The van der Waals surface area contributed by atoms with Gasteiger partial charge in [0.2, 0.25) is 0 Å². The van der Waals surface area contributed by atoms with E-state index in [1.165, 1.54) is 22.8 Å². The number of carbonyl (C=O) groups excluding carboxylic acids is 3. The fraction of sp³-hybridized carbons (Fsp3) is 0.0667. The summed E-state index contributed by atoms with van der Waals surface area (Å²) in [6.45, 7) is 0. The van der Waals surface area contributed by atoms with E-state index in [9.17, 15) is 14.4 Å². The Morgan fingerprint density at radius 3 is 2.39 bits per heavy atom. The number of aromatic nitrogens is 3. The largest absolute Gasteiger partial charge is 0.369 e. The van der Waals surface area contributed by atoms with E-state index in [-0.39, 0.29) is 16.7 Å². The number of carbonyl (C=O) groups is 3. The topological polar surface area (TPSA) is 85.9 Å². The molecule has 114 valence electrons. The average molecular weight is 310 g/mol. The van der Waals surface area contributed by atoms with Crippen molar-refractivity contribution in [3.63, 3.8) is 0 Å². The van der Waals surface area contributed by atoms with Crippen LogP contribution in [0.15, 0.2) is 42.9 Å². The van der Waals surface area contributed by atoms with Crippen LogP contribution in [0.1, 0.15) is 31.1 Å². The molecule has 2 aromatic heterocycles. The van der Waals surface area contributed by atoms with Crippen LogP contribution in [0.5, 0.6) is 0 Å². The number of fused-ring (bicyclic) bond motifs is 2. The standard InChI is InChI=1S/C15H10N4O4/c1-17-6-7-18-12(17)11(8-16-18)15(22)23-19-13(20)9-4-2-3-5-10(9)14(19)21/h2-8H,1H3. The Morgan fingerprint density at radius 2 is 1.74 bits per heavy atom. The average Bonchev–Trinajstić information content (AvgIpc) is 3.20. The molecule has 0 atom stereocenters. The molecule has 8 nitrogen and oxygen atoms in total. The van der Waals surface area contributed by atoms with Crippen LogP contribution >= 0.6 is 0 Å². The first-order valence-corrected chi connectivity index (χ1v) is 6.76. The van der Waals surface area contributed by atoms with Gasteiger partial charge in [-0.15, -0.1) is 0 Å². The van der Waals surface area contributed by atoms with Crippen LogP contribution in [0.4, 0.5) is 0 Å². The third kappa shape index (κ3) is 1.78. The van der Waals surface area contributed by atoms with Crippen molar-refractivity contribution in [1.29, 1.82) is 0 Å². The quantitative estimate of drug-likeness (QED) is 0.660. The van der Waals surface area contributed by atoms with Crippen molar-refractivity contribution in [2.24, 2.45) is 7.05 Å². The maximum atomic E-state index is 12.3. The maximum Gasteiger partial charge on any atom is 0.369 e. The van der Waals surface area contributed by atoms with E-state index < -0.39 is 17.8 Å². The Morgan fingerprint density at radius 1 is 1.09 bits per heavy atom. The zero-order chi connectivity index (χ0) is 16.1. The van der Waals surface area contributed by atoms with E-state index in [1.807, 2.05) is 0 Å². The zero-order valence-corrected chi connectivity index (χ0v) is 12.0. The van der Waals surface area contributed by atoms with E-state index in [0.717, 1.165) is 0 Å². The second-order valence-electron chi connectivity index (χ2n) is 5.06. The summed E-state index contributed by atoms with van der Waals surface area (Å²) >= 11 is 0. The van der Waals surface area contributed by atoms with Crippen molar-refractivity contribution in [1.82, 2.24) is 19.2 Å². The van der Waals surface area contributed by atoms with Crippen LogP contribution in [0.3, 0.4) is 0 Å². The molecule has 1 aromatic carbocycles. The van der Waals surface area contributed by atoms with Gasteiger partial charge in [-0.1, -0.05) is 17.2 Å². The fourth-order valence-electron chi connectivity index (χ4n) is 2.58. The van der Waals surface area contributed by atoms with Crippen LogP contribution < -0.4 is 0 Å². The third-order valence-electron chi connectivity index (χ3n) is 3.69. The molecule has 3 aromatic rings. The highest BCUT2D eigenvalue weighted by atomic mass is 16.7. The smallest absolute Gasteiger partial charge is 0.334 e. The lowest BCUT2D eigenvalue weighted by atomic mass is 10.1. The van der Waals surface area contributed by atoms with Crippen molar-refractivity contribution in [2.45, 2.75) is 0 Å². The summed E-state index contributed by atoms with van der Waals surface area (Å²) in [5.74, 6) is -2.14. The molecule has 8 heteroatoms. The number of imidazole rings is 1. The second kappa shape index (κ2) is 4.54. The molecule has 4 rings (SSSR count). The Balaban J connectivity index is 1.67. The number of hydrogen-bond acceptors (Lipinski definition) is 5. The Bertz CT molecular complexity index is 949. The van der Waals surface area contributed by atoms with Crippen LogP contribution in [-0.4, -0.2) is 37.0 Å². The summed E-state index contributed by atoms with van der Waals surface area (Å²) in [7, 11) is 1.75. The van der Waals surface area contributed by atoms with Gasteiger partial charge in [-0.2, -0.15) is 5.10 Å². The van der Waals surface area contributed by atoms with E-state index in [2.05, 4.69) is 5.10 Å². The second-order valence-corrected chi connectivity index (χ2v) is 5.06. The number of hydroxylamine groups is 2. The molecule has 0 aliphatic carbocycles. The number of rotatable bonds is 2. The summed E-state index contributed by atoms with van der Waals surface area (Å²) in [5, 5.41) is 4.50. The molecule has 0 bridgehead atoms. The normalized spacial score (nSPS) is 13.7. The lowest BCUT2D eigenvalue weighted by Crippen LogP contribution is -2.32. The molecule has 23 heavy (non-hydrogen) atoms. The van der Waals surface area contributed by atoms with Gasteiger partial charge in [0.1, 0.15) is 11.2 Å². The third-order valence-corrected chi connectivity index (χ3v) is 3.69. The molecule has 0 unspecified atom stereocenters. The molecular formula is C15H10N4O4. The first kappa shape index (κ1) is 13.3. The van der Waals surface area contributed by atoms with Crippen LogP contribution in [-0.2, 0) is 11.9 Å². The van der Waals surface area contributed by atoms with Crippen LogP contribution in [0.25, 0.3) is 5.65 Å². The highest BCUT2D eigenvalue weighted by Gasteiger charge is 2.39. The molecule has 2 amide bonds. The minimum absolute atomic E-state index is 0.161. The Labute approximate surface area is 129 Å². The number of aryl methyl sites for hydroxylation is 1. The molecule has 0 saturated heterocycles. The fourth-order valence-corrected chi connectivity index (χ4v) is 2.58. The first-order valence-electron chi connectivity index (χ1n) is 6.76. The predicted octanol–water partition coefficient (Wildman–Crippen LogP) is 1.04. The number of benzene rings is 1. The van der Waals surface area contributed by atoms with Crippen molar-refractivity contribution in [3.05, 3.63) is 59.5 Å². The molecule has 0 fully saturated rings. The maximum absolute atomic E-state index is 12.3. The SMILES string of the molecule is Cn1ccn2ncc(C(=O)ON3C(=O)c4ccccc4C3=O)c12. The number of amides is 2. The van der Waals surface area contributed by atoms with Crippen molar-refractivity contribution >= 4 is 23.4 Å². The summed E-state index contributed by atoms with van der Waals surface area (Å²) < 4.78 is 3.19. The summed E-state index contributed by atoms with van der Waals surface area (Å²) in [4.78, 5) is 41.7. The van der Waals surface area contributed by atoms with Crippen LogP contribution in [0.2, 0.25) is 0 Å². The number of hydrogen-bond donors (Lipinski definition) is 0. The molecule has 0 N–H and O–H groups in total. The van der Waals surface area contributed by atoms with Gasteiger partial charge >= 0.3 is 5.97 Å². The highest BCUT2D eigenvalue weighted by molar-refractivity contribution is 6.21. The van der Waals surface area contributed by atoms with Gasteiger partial charge in [0.05, 0.1) is 17.3 Å². The lowest BCUT2D eigenvalue weighted by molar-refractivity contribution is -0.0583. The van der Waals surface area contributed by atoms with Gasteiger partial charge in [-0.25, -0.2) is 9.31 Å². The summed E-state index contributed by atoms with van der Waals surface area (Å²) in [6.07, 6.45) is 4.73. The van der Waals surface area contributed by atoms with Gasteiger partial charge in [0.25, 0.3) is 11.8 Å². The number of imide groups is 1. The van der Waals surface area contributed by atoms with Gasteiger partial charge < -0.3 is 9.40 Å². The van der Waals surface area contributed by atoms with E-state index >= 15 is 0 Å². The molecule has 0 radical (unpaired) electrons. The minimum atomic E-state index is -0.823. The van der Waals surface area contributed by atoms with Gasteiger partial charge in [0, 0.05) is 19.4 Å². The van der Waals surface area contributed by atoms with Gasteiger partial charge in [-0.3, -0.25) is 9.59 Å². The minimum Gasteiger partial charge on any atom is -0.334 e. The lowest BCUT2D eigenvalue weighted by Gasteiger charge is -2.12. The molecular weight excluding hydrogens is 300 g/mol. The summed E-state index contributed by atoms with van der Waals surface area (Å²) in [6, 6.07) is 6.30. The van der Waals surface area contributed by atoms with E-state index in [0.29, 0.717) is 10.7 Å². The van der Waals surface area contributed by atoms with Gasteiger partial charge in [-0.05, 0) is 12.1 Å². The molecule has 1 aliphatic rings.